The summed E-state index contributed by atoms with van der Waals surface area (Å²) < 4.78 is 15.2. The van der Waals surface area contributed by atoms with Gasteiger partial charge in [-0.2, -0.15) is 5.10 Å². The number of nitrogens with zero attached hydrogens (tertiary/aromatic N) is 3. The Morgan fingerprint density at radius 1 is 1.25 bits per heavy atom. The predicted molar refractivity (Wildman–Crippen MR) is 123 cm³/mol. The Hall–Kier alpha value is -2.05. The van der Waals surface area contributed by atoms with E-state index in [9.17, 15) is 9.50 Å². The summed E-state index contributed by atoms with van der Waals surface area (Å²) in [5, 5.41) is 15.1. The first kappa shape index (κ1) is 21.8. The van der Waals surface area contributed by atoms with Crippen LogP contribution in [0.25, 0.3) is 5.82 Å². The van der Waals surface area contributed by atoms with E-state index >= 15 is 0 Å². The minimum absolute atomic E-state index is 0.0405. The van der Waals surface area contributed by atoms with E-state index < -0.39 is 0 Å². The molecule has 0 bridgehead atoms. The Bertz CT molecular complexity index is 1020. The van der Waals surface area contributed by atoms with Gasteiger partial charge in [-0.1, -0.05) is 26.0 Å². The number of fused-ring (bicyclic) bond motifs is 2. The van der Waals surface area contributed by atoms with Crippen molar-refractivity contribution in [3.05, 3.63) is 53.8 Å². The van der Waals surface area contributed by atoms with E-state index in [4.69, 9.17) is 5.73 Å². The van der Waals surface area contributed by atoms with Crippen LogP contribution in [0.1, 0.15) is 50.8 Å². The van der Waals surface area contributed by atoms with Crippen LogP contribution in [0.15, 0.2) is 36.7 Å². The van der Waals surface area contributed by atoms with E-state index in [1.807, 2.05) is 10.9 Å². The number of aliphatic hydroxyl groups is 1. The number of pyridine rings is 1. The molecule has 172 valence electrons. The number of nitrogens with two attached hydrogens (primary N) is 1. The molecule has 32 heavy (non-hydrogen) atoms. The number of allylic oxidation sites excluding steroid dienone is 1. The zero-order valence-electron chi connectivity index (χ0n) is 19.2. The van der Waals surface area contributed by atoms with Crippen molar-refractivity contribution in [2.45, 2.75) is 52.4 Å². The highest BCUT2D eigenvalue weighted by Gasteiger charge is 2.56. The normalized spacial score (nSPS) is 36.7. The number of hydrogen-bond acceptors (Lipinski definition) is 4. The van der Waals surface area contributed by atoms with Crippen molar-refractivity contribution in [2.75, 3.05) is 13.2 Å². The van der Waals surface area contributed by atoms with Crippen LogP contribution in [0.2, 0.25) is 0 Å². The summed E-state index contributed by atoms with van der Waals surface area (Å²) in [5.74, 6) is 1.88. The van der Waals surface area contributed by atoms with E-state index in [0.29, 0.717) is 30.1 Å². The van der Waals surface area contributed by atoms with Gasteiger partial charge in [-0.25, -0.2) is 14.1 Å². The Balaban J connectivity index is 1.49. The molecular formula is C26H35FN4O. The van der Waals surface area contributed by atoms with Crippen molar-refractivity contribution in [3.8, 4) is 5.82 Å². The van der Waals surface area contributed by atoms with E-state index in [-0.39, 0.29) is 29.2 Å². The molecule has 6 atom stereocenters. The first-order valence-corrected chi connectivity index (χ1v) is 12.0. The van der Waals surface area contributed by atoms with Gasteiger partial charge >= 0.3 is 0 Å². The molecule has 2 saturated carbocycles. The second kappa shape index (κ2) is 7.77. The molecule has 3 aliphatic carbocycles. The summed E-state index contributed by atoms with van der Waals surface area (Å²) in [6.07, 6.45) is 9.37. The van der Waals surface area contributed by atoms with E-state index in [2.05, 4.69) is 30.5 Å². The van der Waals surface area contributed by atoms with Crippen molar-refractivity contribution >= 4 is 0 Å². The summed E-state index contributed by atoms with van der Waals surface area (Å²) in [7, 11) is 0. The summed E-state index contributed by atoms with van der Waals surface area (Å²) >= 11 is 0. The highest BCUT2D eigenvalue weighted by molar-refractivity contribution is 5.33. The Morgan fingerprint density at radius 3 is 2.75 bits per heavy atom. The Kier molecular flexibility index (Phi) is 5.29. The molecule has 3 aliphatic rings. The third-order valence-electron chi connectivity index (χ3n) is 9.56. The summed E-state index contributed by atoms with van der Waals surface area (Å²) in [6.45, 7) is 10.0. The summed E-state index contributed by atoms with van der Waals surface area (Å²) in [5.41, 5.74) is 10.3. The molecule has 2 aromatic rings. The molecule has 0 radical (unpaired) electrons. The number of hydrogen-bond donors (Lipinski definition) is 2. The first-order valence-electron chi connectivity index (χ1n) is 12.0. The van der Waals surface area contributed by atoms with Crippen molar-refractivity contribution in [1.82, 2.24) is 14.8 Å². The Morgan fingerprint density at radius 2 is 2.06 bits per heavy atom. The average Bonchev–Trinajstić information content (AvgIpc) is 3.32. The molecule has 0 spiro atoms. The molecule has 0 amide bonds. The van der Waals surface area contributed by atoms with Gasteiger partial charge < -0.3 is 10.8 Å². The second-order valence-electron chi connectivity index (χ2n) is 10.8. The number of rotatable bonds is 4. The van der Waals surface area contributed by atoms with Crippen LogP contribution >= 0.6 is 0 Å². The monoisotopic (exact) mass is 438 g/mol. The van der Waals surface area contributed by atoms with Crippen LogP contribution in [-0.2, 0) is 12.8 Å². The fraction of sp³-hybridized carbons (Fsp3) is 0.615. The smallest absolute Gasteiger partial charge is 0.153 e. The molecule has 3 N–H and O–H groups in total. The van der Waals surface area contributed by atoms with E-state index in [0.717, 1.165) is 37.8 Å². The zero-order chi connectivity index (χ0) is 22.7. The molecule has 5 rings (SSSR count). The molecule has 0 saturated heterocycles. The van der Waals surface area contributed by atoms with Crippen molar-refractivity contribution < 1.29 is 9.50 Å². The first-order chi connectivity index (χ1) is 15.3. The van der Waals surface area contributed by atoms with Crippen molar-refractivity contribution in [1.29, 1.82) is 0 Å². The molecule has 0 aliphatic heterocycles. The van der Waals surface area contributed by atoms with Crippen LogP contribution in [0.4, 0.5) is 4.39 Å². The minimum Gasteiger partial charge on any atom is -0.396 e. The molecule has 5 nitrogen and oxygen atoms in total. The van der Waals surface area contributed by atoms with Gasteiger partial charge in [0, 0.05) is 12.3 Å². The zero-order valence-corrected chi connectivity index (χ0v) is 19.2. The molecule has 0 aromatic carbocycles. The van der Waals surface area contributed by atoms with Crippen LogP contribution in [-0.4, -0.2) is 33.0 Å². The van der Waals surface area contributed by atoms with Gasteiger partial charge in [-0.3, -0.25) is 0 Å². The van der Waals surface area contributed by atoms with E-state index in [1.54, 1.807) is 6.07 Å². The van der Waals surface area contributed by atoms with Crippen molar-refractivity contribution in [2.24, 2.45) is 40.2 Å². The number of halogens is 1. The SMILES string of the molecule is C=C1CC[C@H]2[C@H](CN)[C@@H]([C@@]3(C)Cc4cnn(-c5ccc(F)cn5)c4C[C@@H]3CO)CC[C@]12C. The van der Waals surface area contributed by atoms with Crippen molar-refractivity contribution in [3.63, 3.8) is 0 Å². The average molecular weight is 439 g/mol. The standard InChI is InChI=1S/C26H35FN4O/c1-16-4-6-21-20(12-28)22(8-9-25(16,21)2)26(3)11-17-13-30-31(23(17)10-18(26)15-32)24-7-5-19(27)14-29-24/h5,7,13-14,18,20-22,32H,1,4,6,8-12,15,28H2,2-3H3/t18-,20+,21+,22+,25-,26+/m1/s1. The van der Waals surface area contributed by atoms with Gasteiger partial charge in [0.05, 0.1) is 12.4 Å². The number of aromatic nitrogens is 3. The fourth-order valence-electron chi connectivity index (χ4n) is 7.53. The van der Waals surface area contributed by atoms with Crippen LogP contribution in [0.3, 0.4) is 0 Å². The highest BCUT2D eigenvalue weighted by atomic mass is 19.1. The second-order valence-corrected chi connectivity index (χ2v) is 10.8. The van der Waals surface area contributed by atoms with Gasteiger partial charge in [-0.15, -0.1) is 0 Å². The lowest BCUT2D eigenvalue weighted by molar-refractivity contribution is -0.0538. The molecule has 2 heterocycles. The van der Waals surface area contributed by atoms with Crippen LogP contribution in [0, 0.1) is 40.3 Å². The third-order valence-corrected chi connectivity index (χ3v) is 9.56. The van der Waals surface area contributed by atoms with Crippen LogP contribution in [0.5, 0.6) is 0 Å². The Labute approximate surface area is 189 Å². The molecule has 2 aromatic heterocycles. The lowest BCUT2D eigenvalue weighted by Gasteiger charge is -2.55. The molecule has 0 unspecified atom stereocenters. The van der Waals surface area contributed by atoms with E-state index in [1.165, 1.54) is 29.8 Å². The maximum Gasteiger partial charge on any atom is 0.153 e. The van der Waals surface area contributed by atoms with Gasteiger partial charge in [0.2, 0.25) is 0 Å². The highest BCUT2D eigenvalue weighted by Crippen LogP contribution is 2.62. The lowest BCUT2D eigenvalue weighted by Crippen LogP contribution is -2.53. The van der Waals surface area contributed by atoms with Gasteiger partial charge in [0.15, 0.2) is 5.82 Å². The molecular weight excluding hydrogens is 403 g/mol. The quantitative estimate of drug-likeness (QED) is 0.706. The van der Waals surface area contributed by atoms with Gasteiger partial charge in [0.1, 0.15) is 5.82 Å². The molecule has 6 heteroatoms. The van der Waals surface area contributed by atoms with Crippen LogP contribution < -0.4 is 5.73 Å². The predicted octanol–water partition coefficient (Wildman–Crippen LogP) is 4.08. The van der Waals surface area contributed by atoms with Gasteiger partial charge in [-0.05, 0) is 97.3 Å². The number of aliphatic hydroxyl groups excluding tert-OH is 1. The minimum atomic E-state index is -0.359. The third kappa shape index (κ3) is 3.10. The summed E-state index contributed by atoms with van der Waals surface area (Å²) in [6, 6.07) is 3.07. The molecule has 2 fully saturated rings. The fourth-order valence-corrected chi connectivity index (χ4v) is 7.53. The topological polar surface area (TPSA) is 77.0 Å². The largest absolute Gasteiger partial charge is 0.396 e. The summed E-state index contributed by atoms with van der Waals surface area (Å²) in [4.78, 5) is 4.22. The maximum atomic E-state index is 13.4. The lowest BCUT2D eigenvalue weighted by atomic mass is 9.49. The maximum absolute atomic E-state index is 13.4. The van der Waals surface area contributed by atoms with Gasteiger partial charge in [0.25, 0.3) is 0 Å².